The lowest BCUT2D eigenvalue weighted by Crippen LogP contribution is -2.46. The highest BCUT2D eigenvalue weighted by atomic mass is 32.2. The number of aromatic amines is 1. The molecule has 1 aliphatic rings. The Labute approximate surface area is 206 Å². The second kappa shape index (κ2) is 9.11. The van der Waals surface area contributed by atoms with Crippen molar-refractivity contribution in [3.05, 3.63) is 83.4 Å². The molecule has 10 heteroatoms. The largest absolute Gasteiger partial charge is 0.361 e. The molecule has 0 saturated carbocycles. The molecule has 2 aromatic carbocycles. The second-order valence-corrected chi connectivity index (χ2v) is 11.2. The van der Waals surface area contributed by atoms with Crippen molar-refractivity contribution < 1.29 is 18.0 Å². The van der Waals surface area contributed by atoms with Gasteiger partial charge in [-0.05, 0) is 53.8 Å². The van der Waals surface area contributed by atoms with Crippen LogP contribution in [0.25, 0.3) is 10.9 Å². The zero-order valence-electron chi connectivity index (χ0n) is 18.4. The molecule has 0 bridgehead atoms. The Hall–Kier alpha value is -3.78. The van der Waals surface area contributed by atoms with E-state index in [0.717, 1.165) is 37.0 Å². The molecule has 1 unspecified atom stereocenters. The Morgan fingerprint density at radius 2 is 1.86 bits per heavy atom. The van der Waals surface area contributed by atoms with Crippen LogP contribution in [0.15, 0.2) is 76.4 Å². The summed E-state index contributed by atoms with van der Waals surface area (Å²) in [5, 5.41) is 11.7. The maximum Gasteiger partial charge on any atom is 0.253 e. The molecule has 0 aliphatic carbocycles. The summed E-state index contributed by atoms with van der Waals surface area (Å²) in [7, 11) is -4.02. The standard InChI is InChI=1S/C25H20N4O4S2/c26-15-17-7-9-19(10-8-17)29-23(30)14-22(25(29)31)28(35(32,33)24-6-3-13-34-24)12-11-18-16-27-21-5-2-1-4-20(18)21/h1-10,13,16,22,27H,11-12,14H2. The number of fused-ring (bicyclic) bond motifs is 1. The predicted octanol–water partition coefficient (Wildman–Crippen LogP) is 3.67. The number of imide groups is 1. The van der Waals surface area contributed by atoms with Gasteiger partial charge in [0.15, 0.2) is 0 Å². The first-order valence-electron chi connectivity index (χ1n) is 10.9. The number of nitriles is 1. The maximum atomic E-state index is 13.6. The Morgan fingerprint density at radius 1 is 1.09 bits per heavy atom. The number of nitrogens with one attached hydrogen (secondary N) is 1. The van der Waals surface area contributed by atoms with Gasteiger partial charge in [-0.1, -0.05) is 24.3 Å². The number of hydrogen-bond donors (Lipinski definition) is 1. The number of benzene rings is 2. The van der Waals surface area contributed by atoms with Gasteiger partial charge in [0.2, 0.25) is 5.91 Å². The fraction of sp³-hybridized carbons (Fsp3) is 0.160. The van der Waals surface area contributed by atoms with E-state index in [1.807, 2.05) is 36.5 Å². The van der Waals surface area contributed by atoms with Gasteiger partial charge in [0, 0.05) is 23.6 Å². The van der Waals surface area contributed by atoms with Crippen LogP contribution in [-0.2, 0) is 26.0 Å². The molecule has 5 rings (SSSR count). The summed E-state index contributed by atoms with van der Waals surface area (Å²) in [6.07, 6.45) is 1.95. The number of rotatable bonds is 7. The molecule has 3 heterocycles. The van der Waals surface area contributed by atoms with Gasteiger partial charge in [-0.2, -0.15) is 9.57 Å². The zero-order chi connectivity index (χ0) is 24.6. The maximum absolute atomic E-state index is 13.6. The number of carbonyl (C=O) groups excluding carboxylic acids is 2. The van der Waals surface area contributed by atoms with Gasteiger partial charge in [-0.3, -0.25) is 9.59 Å². The SMILES string of the molecule is N#Cc1ccc(N2C(=O)CC(N(CCc3c[nH]c4ccccc34)S(=O)(=O)c3cccs3)C2=O)cc1. The number of amides is 2. The minimum absolute atomic E-state index is 0.0347. The van der Waals surface area contributed by atoms with Crippen molar-refractivity contribution in [1.82, 2.24) is 9.29 Å². The number of hydrogen-bond acceptors (Lipinski definition) is 6. The third-order valence-electron chi connectivity index (χ3n) is 6.06. The van der Waals surface area contributed by atoms with E-state index in [9.17, 15) is 18.0 Å². The molecule has 1 aliphatic heterocycles. The number of H-pyrrole nitrogens is 1. The summed E-state index contributed by atoms with van der Waals surface area (Å²) in [6, 6.07) is 17.8. The number of aromatic nitrogens is 1. The van der Waals surface area contributed by atoms with Gasteiger partial charge in [0.25, 0.3) is 15.9 Å². The smallest absolute Gasteiger partial charge is 0.253 e. The number of anilines is 1. The molecular formula is C25H20N4O4S2. The van der Waals surface area contributed by atoms with Crippen molar-refractivity contribution in [2.75, 3.05) is 11.4 Å². The summed E-state index contributed by atoms with van der Waals surface area (Å²) in [5.41, 5.74) is 2.57. The van der Waals surface area contributed by atoms with Gasteiger partial charge < -0.3 is 4.98 Å². The molecular weight excluding hydrogens is 484 g/mol. The predicted molar refractivity (Wildman–Crippen MR) is 132 cm³/mol. The first-order valence-corrected chi connectivity index (χ1v) is 13.2. The highest BCUT2D eigenvalue weighted by Gasteiger charge is 2.47. The van der Waals surface area contributed by atoms with E-state index < -0.39 is 27.9 Å². The number of nitrogens with zero attached hydrogens (tertiary/aromatic N) is 3. The zero-order valence-corrected chi connectivity index (χ0v) is 20.1. The Bertz CT molecular complexity index is 1550. The van der Waals surface area contributed by atoms with Crippen LogP contribution in [0.1, 0.15) is 17.5 Å². The van der Waals surface area contributed by atoms with Crippen molar-refractivity contribution >= 4 is 49.8 Å². The van der Waals surface area contributed by atoms with Crippen molar-refractivity contribution in [2.45, 2.75) is 23.1 Å². The molecule has 2 amide bonds. The van der Waals surface area contributed by atoms with Crippen LogP contribution in [-0.4, -0.2) is 42.1 Å². The molecule has 1 N–H and O–H groups in total. The van der Waals surface area contributed by atoms with E-state index in [0.29, 0.717) is 17.7 Å². The normalized spacial score (nSPS) is 16.3. The van der Waals surface area contributed by atoms with Gasteiger partial charge in [0.1, 0.15) is 10.3 Å². The van der Waals surface area contributed by atoms with Gasteiger partial charge >= 0.3 is 0 Å². The van der Waals surface area contributed by atoms with E-state index in [-0.39, 0.29) is 17.2 Å². The van der Waals surface area contributed by atoms with Crippen LogP contribution in [0.2, 0.25) is 0 Å². The molecule has 2 aromatic heterocycles. The topological polar surface area (TPSA) is 114 Å². The minimum Gasteiger partial charge on any atom is -0.361 e. The third-order valence-corrected chi connectivity index (χ3v) is 9.34. The first-order chi connectivity index (χ1) is 16.9. The van der Waals surface area contributed by atoms with E-state index in [2.05, 4.69) is 4.98 Å². The first kappa shape index (κ1) is 23.0. The molecule has 0 spiro atoms. The quantitative estimate of drug-likeness (QED) is 0.386. The molecule has 35 heavy (non-hydrogen) atoms. The second-order valence-electron chi connectivity index (χ2n) is 8.10. The lowest BCUT2D eigenvalue weighted by molar-refractivity contribution is -0.122. The van der Waals surface area contributed by atoms with Crippen LogP contribution in [0.3, 0.4) is 0 Å². The highest BCUT2D eigenvalue weighted by Crippen LogP contribution is 2.31. The summed E-state index contributed by atoms with van der Waals surface area (Å²) in [6.45, 7) is 0.0347. The number of sulfonamides is 1. The number of thiophene rings is 1. The molecule has 1 atom stereocenters. The highest BCUT2D eigenvalue weighted by molar-refractivity contribution is 7.91. The fourth-order valence-electron chi connectivity index (χ4n) is 4.34. The van der Waals surface area contributed by atoms with Crippen LogP contribution in [0.5, 0.6) is 0 Å². The Balaban J connectivity index is 1.48. The molecule has 1 fully saturated rings. The summed E-state index contributed by atoms with van der Waals surface area (Å²) in [4.78, 5) is 30.5. The van der Waals surface area contributed by atoms with Crippen molar-refractivity contribution in [3.8, 4) is 6.07 Å². The van der Waals surface area contributed by atoms with Gasteiger partial charge in [-0.25, -0.2) is 13.3 Å². The lowest BCUT2D eigenvalue weighted by Gasteiger charge is -2.26. The van der Waals surface area contributed by atoms with Gasteiger partial charge in [-0.15, -0.1) is 11.3 Å². The summed E-state index contributed by atoms with van der Waals surface area (Å²) >= 11 is 1.07. The van der Waals surface area contributed by atoms with Crippen LogP contribution < -0.4 is 4.90 Å². The Kier molecular flexibility index (Phi) is 5.98. The molecule has 4 aromatic rings. The third kappa shape index (κ3) is 4.14. The molecule has 1 saturated heterocycles. The van der Waals surface area contributed by atoms with Crippen LogP contribution >= 0.6 is 11.3 Å². The summed E-state index contributed by atoms with van der Waals surface area (Å²) in [5.74, 6) is -1.08. The average molecular weight is 505 g/mol. The van der Waals surface area contributed by atoms with E-state index in [1.165, 1.54) is 30.3 Å². The summed E-state index contributed by atoms with van der Waals surface area (Å²) < 4.78 is 28.5. The van der Waals surface area contributed by atoms with Crippen molar-refractivity contribution in [1.29, 1.82) is 5.26 Å². The lowest BCUT2D eigenvalue weighted by atomic mass is 10.1. The van der Waals surface area contributed by atoms with E-state index in [4.69, 9.17) is 5.26 Å². The number of carbonyl (C=O) groups is 2. The van der Waals surface area contributed by atoms with Crippen LogP contribution in [0, 0.1) is 11.3 Å². The van der Waals surface area contributed by atoms with E-state index >= 15 is 0 Å². The van der Waals surface area contributed by atoms with Crippen LogP contribution in [0.4, 0.5) is 5.69 Å². The number of para-hydroxylation sites is 1. The monoisotopic (exact) mass is 504 g/mol. The minimum atomic E-state index is -4.02. The molecule has 176 valence electrons. The fourth-order valence-corrected chi connectivity index (χ4v) is 7.04. The molecule has 8 nitrogen and oxygen atoms in total. The van der Waals surface area contributed by atoms with Crippen molar-refractivity contribution in [2.24, 2.45) is 0 Å². The Morgan fingerprint density at radius 3 is 2.57 bits per heavy atom. The average Bonchev–Trinajstić information content (AvgIpc) is 3.60. The van der Waals surface area contributed by atoms with Gasteiger partial charge in [0.05, 0.1) is 23.7 Å². The molecule has 0 radical (unpaired) electrons. The van der Waals surface area contributed by atoms with Crippen molar-refractivity contribution in [3.63, 3.8) is 0 Å². The van der Waals surface area contributed by atoms with E-state index in [1.54, 1.807) is 11.4 Å².